The molecule has 4 rings (SSSR count). The van der Waals surface area contributed by atoms with Crippen molar-refractivity contribution in [2.75, 3.05) is 32.8 Å². The molecule has 8 heteroatoms. The lowest BCUT2D eigenvalue weighted by atomic mass is 10.1. The molecule has 1 aromatic heterocycles. The van der Waals surface area contributed by atoms with Gasteiger partial charge in [-0.2, -0.15) is 5.10 Å². The number of amides is 2. The number of hydrogen-bond acceptors (Lipinski definition) is 5. The van der Waals surface area contributed by atoms with Crippen molar-refractivity contribution < 1.29 is 19.4 Å². The van der Waals surface area contributed by atoms with E-state index in [9.17, 15) is 14.7 Å². The summed E-state index contributed by atoms with van der Waals surface area (Å²) in [6, 6.07) is 3.20. The van der Waals surface area contributed by atoms with E-state index in [-0.39, 0.29) is 23.1 Å². The van der Waals surface area contributed by atoms with Gasteiger partial charge in [0.1, 0.15) is 5.75 Å². The van der Waals surface area contributed by atoms with E-state index >= 15 is 0 Å². The summed E-state index contributed by atoms with van der Waals surface area (Å²) < 4.78 is 5.69. The molecule has 198 valence electrons. The third-order valence-electron chi connectivity index (χ3n) is 7.10. The molecular weight excluding hydrogens is 468 g/mol. The number of aromatic nitrogens is 2. The average Bonchev–Trinajstić information content (AvgIpc) is 3.49. The molecular formula is C29H38N4O4. The molecule has 0 bridgehead atoms. The first-order valence-electron chi connectivity index (χ1n) is 13.4. The highest BCUT2D eigenvalue weighted by Crippen LogP contribution is 2.30. The number of nitrogens with zero attached hydrogens (tertiary/aromatic N) is 3. The van der Waals surface area contributed by atoms with E-state index in [1.165, 1.54) is 25.3 Å². The lowest BCUT2D eigenvalue weighted by Crippen LogP contribution is -2.34. The Balaban J connectivity index is 1.41. The molecule has 0 unspecified atom stereocenters. The van der Waals surface area contributed by atoms with Gasteiger partial charge in [0.05, 0.1) is 29.9 Å². The van der Waals surface area contributed by atoms with E-state index in [1.807, 2.05) is 17.1 Å². The van der Waals surface area contributed by atoms with E-state index in [0.29, 0.717) is 44.7 Å². The van der Waals surface area contributed by atoms with Gasteiger partial charge in [-0.05, 0) is 36.5 Å². The Morgan fingerprint density at radius 1 is 1.22 bits per heavy atom. The quantitative estimate of drug-likeness (QED) is 0.400. The number of aromatic hydroxyl groups is 1. The maximum absolute atomic E-state index is 13.5. The predicted molar refractivity (Wildman–Crippen MR) is 144 cm³/mol. The Morgan fingerprint density at radius 3 is 2.84 bits per heavy atom. The zero-order valence-corrected chi connectivity index (χ0v) is 21.8. The van der Waals surface area contributed by atoms with Crippen molar-refractivity contribution in [2.24, 2.45) is 0 Å². The summed E-state index contributed by atoms with van der Waals surface area (Å²) in [5.41, 5.74) is 3.57. The van der Waals surface area contributed by atoms with Crippen molar-refractivity contribution in [2.45, 2.75) is 58.4 Å². The third kappa shape index (κ3) is 6.49. The summed E-state index contributed by atoms with van der Waals surface area (Å²) in [6.45, 7) is 9.39. The standard InChI is InChI=1S/C29H38N4O4/c1-3-5-6-9-14-37-15-10-11-22-19-33(18-21(22)4-2)29(36)24-16-23-25(17-27(24)34)30-31-26(23)20-32-13-8-7-12-28(32)35/h4,10-11,16-17,34H,2-3,5-9,12-15,18-20H2,1H3,(H,30,31)/b11-10-. The van der Waals surface area contributed by atoms with Gasteiger partial charge in [-0.3, -0.25) is 14.7 Å². The molecule has 2 aliphatic heterocycles. The second-order valence-corrected chi connectivity index (χ2v) is 9.81. The van der Waals surface area contributed by atoms with Gasteiger partial charge in [0, 0.05) is 44.1 Å². The number of ether oxygens (including phenoxy) is 1. The van der Waals surface area contributed by atoms with E-state index in [4.69, 9.17) is 4.74 Å². The van der Waals surface area contributed by atoms with Crippen LogP contribution in [0.3, 0.4) is 0 Å². The topological polar surface area (TPSA) is 98.8 Å². The van der Waals surface area contributed by atoms with Crippen molar-refractivity contribution in [3.8, 4) is 5.75 Å². The number of fused-ring (bicyclic) bond motifs is 1. The van der Waals surface area contributed by atoms with Gasteiger partial charge >= 0.3 is 0 Å². The first kappa shape index (κ1) is 26.7. The summed E-state index contributed by atoms with van der Waals surface area (Å²) in [5.74, 6) is -0.229. The average molecular weight is 507 g/mol. The summed E-state index contributed by atoms with van der Waals surface area (Å²) in [7, 11) is 0. The molecule has 0 atom stereocenters. The van der Waals surface area contributed by atoms with Crippen LogP contribution in [0, 0.1) is 0 Å². The van der Waals surface area contributed by atoms with Crippen molar-refractivity contribution in [1.29, 1.82) is 0 Å². The summed E-state index contributed by atoms with van der Waals surface area (Å²) in [5, 5.41) is 18.7. The highest BCUT2D eigenvalue weighted by atomic mass is 16.5. The lowest BCUT2D eigenvalue weighted by Gasteiger charge is -2.26. The Hall–Kier alpha value is -3.39. The molecule has 3 heterocycles. The zero-order chi connectivity index (χ0) is 26.2. The van der Waals surface area contributed by atoms with E-state index < -0.39 is 0 Å². The zero-order valence-electron chi connectivity index (χ0n) is 21.8. The van der Waals surface area contributed by atoms with Crippen molar-refractivity contribution in [1.82, 2.24) is 20.0 Å². The minimum absolute atomic E-state index is 0.106. The molecule has 2 aromatic rings. The van der Waals surface area contributed by atoms with Crippen LogP contribution in [0.15, 0.2) is 48.1 Å². The number of nitrogens with one attached hydrogen (secondary N) is 1. The van der Waals surface area contributed by atoms with Crippen LogP contribution in [0.5, 0.6) is 5.75 Å². The summed E-state index contributed by atoms with van der Waals surface area (Å²) in [4.78, 5) is 29.3. The maximum atomic E-state index is 13.5. The minimum atomic E-state index is -0.254. The second kappa shape index (κ2) is 12.7. The van der Waals surface area contributed by atoms with Crippen LogP contribution < -0.4 is 0 Å². The van der Waals surface area contributed by atoms with Crippen molar-refractivity contribution in [3.63, 3.8) is 0 Å². The van der Waals surface area contributed by atoms with Crippen LogP contribution >= 0.6 is 0 Å². The van der Waals surface area contributed by atoms with Crippen molar-refractivity contribution in [3.05, 3.63) is 59.3 Å². The van der Waals surface area contributed by atoms with Crippen LogP contribution in [-0.2, 0) is 16.1 Å². The number of carbonyl (C=O) groups is 2. The van der Waals surface area contributed by atoms with Crippen LogP contribution in [0.2, 0.25) is 0 Å². The normalized spacial score (nSPS) is 16.5. The Morgan fingerprint density at radius 2 is 2.05 bits per heavy atom. The Kier molecular flexibility index (Phi) is 9.17. The molecule has 1 saturated heterocycles. The first-order valence-corrected chi connectivity index (χ1v) is 13.4. The molecule has 2 amide bonds. The molecule has 1 aromatic carbocycles. The predicted octanol–water partition coefficient (Wildman–Crippen LogP) is 4.87. The molecule has 1 fully saturated rings. The van der Waals surface area contributed by atoms with Crippen LogP contribution in [0.1, 0.15) is 67.9 Å². The SMILES string of the molecule is C=CC1=C(/C=C\COCCCCCC)CN(C(=O)c2cc3c(CN4CCCCC4=O)[nH]nc3cc2O)C1. The third-order valence-corrected chi connectivity index (χ3v) is 7.10. The summed E-state index contributed by atoms with van der Waals surface area (Å²) in [6.07, 6.45) is 13.0. The molecule has 0 radical (unpaired) electrons. The van der Waals surface area contributed by atoms with Gasteiger partial charge in [0.15, 0.2) is 0 Å². The number of H-pyrrole nitrogens is 1. The Bertz CT molecular complexity index is 1200. The van der Waals surface area contributed by atoms with Gasteiger partial charge in [0.25, 0.3) is 5.91 Å². The largest absolute Gasteiger partial charge is 0.507 e. The van der Waals surface area contributed by atoms with E-state index in [2.05, 4.69) is 23.7 Å². The molecule has 0 saturated carbocycles. The molecule has 37 heavy (non-hydrogen) atoms. The second-order valence-electron chi connectivity index (χ2n) is 9.81. The van der Waals surface area contributed by atoms with Gasteiger partial charge in [-0.1, -0.05) is 51.0 Å². The van der Waals surface area contributed by atoms with E-state index in [0.717, 1.165) is 48.1 Å². The molecule has 0 spiro atoms. The van der Waals surface area contributed by atoms with Gasteiger partial charge in [-0.15, -0.1) is 0 Å². The van der Waals surface area contributed by atoms with Gasteiger partial charge in [0.2, 0.25) is 5.91 Å². The molecule has 2 N–H and O–H groups in total. The fourth-order valence-electron chi connectivity index (χ4n) is 4.92. The van der Waals surface area contributed by atoms with Crippen LogP contribution in [-0.4, -0.2) is 69.8 Å². The number of phenols is 1. The number of piperidine rings is 1. The smallest absolute Gasteiger partial charge is 0.258 e. The van der Waals surface area contributed by atoms with E-state index in [1.54, 1.807) is 17.0 Å². The van der Waals surface area contributed by atoms with Gasteiger partial charge in [-0.25, -0.2) is 0 Å². The number of aromatic amines is 1. The van der Waals surface area contributed by atoms with Crippen LogP contribution in [0.4, 0.5) is 0 Å². The number of unbranched alkanes of at least 4 members (excludes halogenated alkanes) is 3. The highest BCUT2D eigenvalue weighted by molar-refractivity contribution is 6.02. The molecule has 0 aliphatic carbocycles. The molecule has 8 nitrogen and oxygen atoms in total. The fourth-order valence-corrected chi connectivity index (χ4v) is 4.92. The number of phenolic OH excluding ortho intramolecular Hbond substituents is 1. The number of benzene rings is 1. The number of carbonyl (C=O) groups excluding carboxylic acids is 2. The number of likely N-dealkylation sites (tertiary alicyclic amines) is 1. The van der Waals surface area contributed by atoms with Gasteiger partial charge < -0.3 is 19.6 Å². The number of rotatable bonds is 12. The maximum Gasteiger partial charge on any atom is 0.258 e. The monoisotopic (exact) mass is 506 g/mol. The minimum Gasteiger partial charge on any atom is -0.507 e. The Labute approximate surface area is 218 Å². The lowest BCUT2D eigenvalue weighted by molar-refractivity contribution is -0.133. The highest BCUT2D eigenvalue weighted by Gasteiger charge is 2.27. The number of hydrogen-bond donors (Lipinski definition) is 2. The molecule has 2 aliphatic rings. The summed E-state index contributed by atoms with van der Waals surface area (Å²) >= 11 is 0. The first-order chi connectivity index (χ1) is 18.0. The van der Waals surface area contributed by atoms with Crippen LogP contribution in [0.25, 0.3) is 10.9 Å². The fraction of sp³-hybridized carbons (Fsp3) is 0.483. The van der Waals surface area contributed by atoms with Crippen molar-refractivity contribution >= 4 is 22.7 Å².